The summed E-state index contributed by atoms with van der Waals surface area (Å²) < 4.78 is 0. The van der Waals surface area contributed by atoms with Crippen molar-refractivity contribution in [3.8, 4) is 0 Å². The van der Waals surface area contributed by atoms with E-state index in [9.17, 15) is 0 Å². The molecule has 0 saturated heterocycles. The summed E-state index contributed by atoms with van der Waals surface area (Å²) in [6.07, 6.45) is 28.2. The zero-order valence-corrected chi connectivity index (χ0v) is 23.5. The maximum atomic E-state index is 2.68. The minimum atomic E-state index is 1.21. The molecule has 0 amide bonds. The summed E-state index contributed by atoms with van der Waals surface area (Å²) in [5.74, 6) is 0. The van der Waals surface area contributed by atoms with E-state index >= 15 is 0 Å². The summed E-state index contributed by atoms with van der Waals surface area (Å²) in [6.45, 7) is 7.04. The van der Waals surface area contributed by atoms with Gasteiger partial charge in [0.05, 0.1) is 0 Å². The molecule has 0 spiro atoms. The highest BCUT2D eigenvalue weighted by atomic mass is 15.1. The van der Waals surface area contributed by atoms with Crippen LogP contribution in [0, 0.1) is 0 Å². The van der Waals surface area contributed by atoms with Crippen LogP contribution in [0.3, 0.4) is 0 Å². The van der Waals surface area contributed by atoms with Gasteiger partial charge in [0.1, 0.15) is 0 Å². The van der Waals surface area contributed by atoms with Crippen molar-refractivity contribution >= 4 is 16.5 Å². The van der Waals surface area contributed by atoms with Crippen LogP contribution in [0.2, 0.25) is 0 Å². The van der Waals surface area contributed by atoms with Crippen molar-refractivity contribution in [2.24, 2.45) is 0 Å². The molecule has 1 heteroatoms. The van der Waals surface area contributed by atoms with Gasteiger partial charge in [-0.3, -0.25) is 0 Å². The van der Waals surface area contributed by atoms with Crippen molar-refractivity contribution in [3.63, 3.8) is 0 Å². The molecule has 2 rings (SSSR count). The SMILES string of the molecule is CCCCCCCCCCCCN(CCCCCCCCCCCC)c1ccc2ccccc2c1. The smallest absolute Gasteiger partial charge is 0.0372 e. The van der Waals surface area contributed by atoms with E-state index in [0.717, 1.165) is 0 Å². The van der Waals surface area contributed by atoms with Crippen LogP contribution in [0.1, 0.15) is 142 Å². The normalized spacial score (nSPS) is 11.4. The van der Waals surface area contributed by atoms with Gasteiger partial charge >= 0.3 is 0 Å². The first-order chi connectivity index (χ1) is 17.3. The quantitative estimate of drug-likeness (QED) is 0.143. The Morgan fingerprint density at radius 2 is 0.829 bits per heavy atom. The number of unbranched alkanes of at least 4 members (excludes halogenated alkanes) is 18. The number of anilines is 1. The zero-order valence-electron chi connectivity index (χ0n) is 23.5. The fraction of sp³-hybridized carbons (Fsp3) is 0.706. The standard InChI is InChI=1S/C34H57N/c1-3-5-7-9-11-13-15-17-19-23-29-35(30-24-20-18-16-14-12-10-8-6-4-2)34-28-27-32-25-21-22-26-33(32)31-34/h21-22,25-28,31H,3-20,23-24,29-30H2,1-2H3. The molecule has 198 valence electrons. The Morgan fingerprint density at radius 3 is 1.29 bits per heavy atom. The van der Waals surface area contributed by atoms with E-state index < -0.39 is 0 Å². The minimum Gasteiger partial charge on any atom is -0.372 e. The van der Waals surface area contributed by atoms with Gasteiger partial charge in [0.15, 0.2) is 0 Å². The minimum absolute atomic E-state index is 1.21. The number of benzene rings is 2. The monoisotopic (exact) mass is 479 g/mol. The first kappa shape index (κ1) is 29.7. The third kappa shape index (κ3) is 14.0. The molecule has 0 radical (unpaired) electrons. The maximum absolute atomic E-state index is 2.68. The molecule has 2 aromatic carbocycles. The van der Waals surface area contributed by atoms with Gasteiger partial charge in [-0.05, 0) is 35.7 Å². The molecule has 0 aliphatic heterocycles. The fourth-order valence-electron chi connectivity index (χ4n) is 5.32. The molecule has 0 fully saturated rings. The van der Waals surface area contributed by atoms with E-state index in [-0.39, 0.29) is 0 Å². The predicted molar refractivity (Wildman–Crippen MR) is 160 cm³/mol. The third-order valence-electron chi connectivity index (χ3n) is 7.66. The number of nitrogens with zero attached hydrogens (tertiary/aromatic N) is 1. The molecule has 0 atom stereocenters. The van der Waals surface area contributed by atoms with Crippen LogP contribution < -0.4 is 4.90 Å². The van der Waals surface area contributed by atoms with Gasteiger partial charge in [0, 0.05) is 18.8 Å². The van der Waals surface area contributed by atoms with Crippen molar-refractivity contribution in [1.29, 1.82) is 0 Å². The third-order valence-corrected chi connectivity index (χ3v) is 7.66. The van der Waals surface area contributed by atoms with E-state index in [1.165, 1.54) is 158 Å². The van der Waals surface area contributed by atoms with Crippen LogP contribution in [0.15, 0.2) is 42.5 Å². The highest BCUT2D eigenvalue weighted by Gasteiger charge is 2.07. The average molecular weight is 480 g/mol. The summed E-state index contributed by atoms with van der Waals surface area (Å²) in [7, 11) is 0. The fourth-order valence-corrected chi connectivity index (χ4v) is 5.32. The van der Waals surface area contributed by atoms with E-state index in [2.05, 4.69) is 61.2 Å². The van der Waals surface area contributed by atoms with Gasteiger partial charge in [0.2, 0.25) is 0 Å². The van der Waals surface area contributed by atoms with Crippen LogP contribution in [0.4, 0.5) is 5.69 Å². The molecule has 0 heterocycles. The lowest BCUT2D eigenvalue weighted by atomic mass is 10.1. The Bertz CT molecular complexity index is 712. The van der Waals surface area contributed by atoms with Crippen LogP contribution in [0.5, 0.6) is 0 Å². The summed E-state index contributed by atoms with van der Waals surface area (Å²) in [5.41, 5.74) is 1.43. The summed E-state index contributed by atoms with van der Waals surface area (Å²) in [4.78, 5) is 2.68. The Hall–Kier alpha value is -1.50. The van der Waals surface area contributed by atoms with E-state index in [1.807, 2.05) is 0 Å². The molecular formula is C34H57N. The molecular weight excluding hydrogens is 422 g/mol. The van der Waals surface area contributed by atoms with Gasteiger partial charge < -0.3 is 4.90 Å². The first-order valence-electron chi connectivity index (χ1n) is 15.6. The predicted octanol–water partition coefficient (Wildman–Crippen LogP) is 11.5. The van der Waals surface area contributed by atoms with Gasteiger partial charge in [-0.1, -0.05) is 160 Å². The second kappa shape index (κ2) is 20.7. The molecule has 0 aliphatic carbocycles. The second-order valence-electron chi connectivity index (χ2n) is 10.9. The number of hydrogen-bond donors (Lipinski definition) is 0. The molecule has 0 saturated carbocycles. The van der Waals surface area contributed by atoms with E-state index in [4.69, 9.17) is 0 Å². The summed E-state index contributed by atoms with van der Waals surface area (Å²) >= 11 is 0. The Labute approximate surface area is 219 Å². The molecule has 0 unspecified atom stereocenters. The first-order valence-corrected chi connectivity index (χ1v) is 15.6. The van der Waals surface area contributed by atoms with Gasteiger partial charge in [-0.15, -0.1) is 0 Å². The molecule has 0 N–H and O–H groups in total. The summed E-state index contributed by atoms with van der Waals surface area (Å²) in [5, 5.41) is 2.73. The van der Waals surface area contributed by atoms with Crippen molar-refractivity contribution in [2.45, 2.75) is 142 Å². The van der Waals surface area contributed by atoms with E-state index in [1.54, 1.807) is 0 Å². The van der Waals surface area contributed by atoms with Gasteiger partial charge in [0.25, 0.3) is 0 Å². The van der Waals surface area contributed by atoms with Gasteiger partial charge in [-0.25, -0.2) is 0 Å². The van der Waals surface area contributed by atoms with Crippen molar-refractivity contribution in [1.82, 2.24) is 0 Å². The molecule has 1 nitrogen and oxygen atoms in total. The number of fused-ring (bicyclic) bond motifs is 1. The van der Waals surface area contributed by atoms with Crippen molar-refractivity contribution < 1.29 is 0 Å². The lowest BCUT2D eigenvalue weighted by Gasteiger charge is -2.25. The average Bonchev–Trinajstić information content (AvgIpc) is 2.89. The lowest BCUT2D eigenvalue weighted by Crippen LogP contribution is -2.25. The molecule has 0 aliphatic rings. The second-order valence-corrected chi connectivity index (χ2v) is 10.9. The Morgan fingerprint density at radius 1 is 0.429 bits per heavy atom. The molecule has 0 aromatic heterocycles. The Balaban J connectivity index is 1.69. The largest absolute Gasteiger partial charge is 0.372 e. The molecule has 35 heavy (non-hydrogen) atoms. The highest BCUT2D eigenvalue weighted by molar-refractivity contribution is 5.85. The van der Waals surface area contributed by atoms with Crippen molar-refractivity contribution in [2.75, 3.05) is 18.0 Å². The Kier molecular flexibility index (Phi) is 17.6. The van der Waals surface area contributed by atoms with E-state index in [0.29, 0.717) is 0 Å². The van der Waals surface area contributed by atoms with Crippen molar-refractivity contribution in [3.05, 3.63) is 42.5 Å². The maximum Gasteiger partial charge on any atom is 0.0372 e. The van der Waals surface area contributed by atoms with Crippen LogP contribution in [0.25, 0.3) is 10.8 Å². The molecule has 0 bridgehead atoms. The summed E-state index contributed by atoms with van der Waals surface area (Å²) in [6, 6.07) is 15.9. The number of hydrogen-bond acceptors (Lipinski definition) is 1. The van der Waals surface area contributed by atoms with Gasteiger partial charge in [-0.2, -0.15) is 0 Å². The number of rotatable bonds is 23. The van der Waals surface area contributed by atoms with Crippen LogP contribution in [-0.4, -0.2) is 13.1 Å². The van der Waals surface area contributed by atoms with Crippen LogP contribution >= 0.6 is 0 Å². The topological polar surface area (TPSA) is 3.24 Å². The highest BCUT2D eigenvalue weighted by Crippen LogP contribution is 2.24. The lowest BCUT2D eigenvalue weighted by molar-refractivity contribution is 0.543. The van der Waals surface area contributed by atoms with Crippen LogP contribution in [-0.2, 0) is 0 Å². The zero-order chi connectivity index (χ0) is 24.8. The molecule has 2 aromatic rings.